The number of rotatable bonds is 9. The molecule has 0 radical (unpaired) electrons. The van der Waals surface area contributed by atoms with Gasteiger partial charge in [-0.15, -0.1) is 0 Å². The summed E-state index contributed by atoms with van der Waals surface area (Å²) in [5, 5.41) is 14.3. The molecule has 0 unspecified atom stereocenters. The predicted molar refractivity (Wildman–Crippen MR) is 102 cm³/mol. The van der Waals surface area contributed by atoms with E-state index in [9.17, 15) is 9.59 Å². The molecule has 1 aromatic carbocycles. The van der Waals surface area contributed by atoms with Crippen LogP contribution in [0.4, 0.5) is 5.69 Å². The van der Waals surface area contributed by atoms with Crippen LogP contribution in [0.2, 0.25) is 0 Å². The van der Waals surface area contributed by atoms with E-state index in [0.29, 0.717) is 24.3 Å². The van der Waals surface area contributed by atoms with Gasteiger partial charge in [0.25, 0.3) is 5.91 Å². The molecule has 7 heteroatoms. The molecule has 1 saturated heterocycles. The number of aliphatic hydroxyl groups is 1. The Morgan fingerprint density at radius 2 is 2.00 bits per heavy atom. The Balaban J connectivity index is 1.84. The fourth-order valence-corrected chi connectivity index (χ4v) is 3.01. The average Bonchev–Trinajstić information content (AvgIpc) is 2.66. The van der Waals surface area contributed by atoms with Crippen molar-refractivity contribution in [2.45, 2.75) is 19.3 Å². The molecule has 0 bridgehead atoms. The van der Waals surface area contributed by atoms with Crippen molar-refractivity contribution >= 4 is 17.5 Å². The molecule has 26 heavy (non-hydrogen) atoms. The summed E-state index contributed by atoms with van der Waals surface area (Å²) < 4.78 is 0. The van der Waals surface area contributed by atoms with Crippen LogP contribution in [-0.4, -0.2) is 79.6 Å². The van der Waals surface area contributed by atoms with E-state index in [4.69, 9.17) is 5.11 Å². The number of nitrogens with zero attached hydrogens (tertiary/aromatic N) is 2. The van der Waals surface area contributed by atoms with Crippen molar-refractivity contribution in [2.75, 3.05) is 58.2 Å². The monoisotopic (exact) mass is 362 g/mol. The number of likely N-dealkylation sites (N-methyl/N-ethyl adjacent to an activating group) is 1. The summed E-state index contributed by atoms with van der Waals surface area (Å²) in [6.45, 7) is 4.31. The van der Waals surface area contributed by atoms with E-state index in [0.717, 1.165) is 19.6 Å². The number of hydrogen-bond donors (Lipinski definition) is 3. The van der Waals surface area contributed by atoms with Gasteiger partial charge in [-0.1, -0.05) is 12.5 Å². The van der Waals surface area contributed by atoms with Crippen molar-refractivity contribution in [2.24, 2.45) is 0 Å². The maximum atomic E-state index is 12.6. The molecule has 0 saturated carbocycles. The summed E-state index contributed by atoms with van der Waals surface area (Å²) in [5.41, 5.74) is 1.16. The lowest BCUT2D eigenvalue weighted by molar-refractivity contribution is -0.115. The summed E-state index contributed by atoms with van der Waals surface area (Å²) in [4.78, 5) is 28.6. The van der Waals surface area contributed by atoms with Gasteiger partial charge in [0.1, 0.15) is 0 Å². The highest BCUT2D eigenvalue weighted by Crippen LogP contribution is 2.13. The van der Waals surface area contributed by atoms with E-state index in [1.54, 1.807) is 29.2 Å². The summed E-state index contributed by atoms with van der Waals surface area (Å²) >= 11 is 0. The van der Waals surface area contributed by atoms with Crippen LogP contribution in [0.1, 0.15) is 29.6 Å². The fraction of sp³-hybridized carbons (Fsp3) is 0.579. The molecule has 1 aliphatic heterocycles. The van der Waals surface area contributed by atoms with Crippen LogP contribution in [-0.2, 0) is 4.79 Å². The largest absolute Gasteiger partial charge is 0.395 e. The molecule has 144 valence electrons. The lowest BCUT2D eigenvalue weighted by atomic mass is 10.1. The minimum Gasteiger partial charge on any atom is -0.395 e. The van der Waals surface area contributed by atoms with Crippen molar-refractivity contribution in [3.63, 3.8) is 0 Å². The number of anilines is 1. The number of amides is 2. The van der Waals surface area contributed by atoms with Gasteiger partial charge in [0.2, 0.25) is 5.91 Å². The maximum absolute atomic E-state index is 12.6. The topological polar surface area (TPSA) is 84.9 Å². The zero-order chi connectivity index (χ0) is 18.8. The van der Waals surface area contributed by atoms with E-state index in [1.807, 2.05) is 7.05 Å². The number of aliphatic hydroxyl groups excluding tert-OH is 1. The highest BCUT2D eigenvalue weighted by molar-refractivity contribution is 5.97. The van der Waals surface area contributed by atoms with Crippen LogP contribution in [0.3, 0.4) is 0 Å². The van der Waals surface area contributed by atoms with Crippen molar-refractivity contribution in [1.29, 1.82) is 0 Å². The van der Waals surface area contributed by atoms with Gasteiger partial charge in [-0.2, -0.15) is 0 Å². The Kier molecular flexibility index (Phi) is 8.53. The molecular formula is C19H30N4O3. The molecule has 0 aliphatic carbocycles. The zero-order valence-electron chi connectivity index (χ0n) is 15.5. The van der Waals surface area contributed by atoms with Crippen LogP contribution < -0.4 is 10.6 Å². The molecule has 3 N–H and O–H groups in total. The summed E-state index contributed by atoms with van der Waals surface area (Å²) in [6, 6.07) is 6.99. The Labute approximate surface area is 155 Å². The Hall–Kier alpha value is -1.96. The third-order valence-electron chi connectivity index (χ3n) is 4.51. The number of piperidine rings is 1. The molecular weight excluding hydrogens is 332 g/mol. The van der Waals surface area contributed by atoms with Crippen LogP contribution in [0, 0.1) is 0 Å². The molecule has 0 atom stereocenters. The van der Waals surface area contributed by atoms with Crippen LogP contribution in [0.15, 0.2) is 24.3 Å². The first-order valence-electron chi connectivity index (χ1n) is 9.29. The number of benzene rings is 1. The Bertz CT molecular complexity index is 588. The SMILES string of the molecule is CN(CCN1CCCCC1)C(=O)c1cccc(NC(=O)CNCCO)c1. The van der Waals surface area contributed by atoms with E-state index in [1.165, 1.54) is 19.3 Å². The highest BCUT2D eigenvalue weighted by Gasteiger charge is 2.15. The number of hydrogen-bond acceptors (Lipinski definition) is 5. The van der Waals surface area contributed by atoms with Gasteiger partial charge in [-0.05, 0) is 44.1 Å². The highest BCUT2D eigenvalue weighted by atomic mass is 16.3. The molecule has 1 aromatic rings. The normalized spacial score (nSPS) is 14.8. The van der Waals surface area contributed by atoms with Gasteiger partial charge in [0.15, 0.2) is 0 Å². The minimum atomic E-state index is -0.207. The Morgan fingerprint density at radius 1 is 1.23 bits per heavy atom. The van der Waals surface area contributed by atoms with Crippen molar-refractivity contribution in [3.05, 3.63) is 29.8 Å². The third kappa shape index (κ3) is 6.74. The second-order valence-corrected chi connectivity index (χ2v) is 6.66. The number of carbonyl (C=O) groups excluding carboxylic acids is 2. The second-order valence-electron chi connectivity index (χ2n) is 6.66. The van der Waals surface area contributed by atoms with Crippen molar-refractivity contribution in [1.82, 2.24) is 15.1 Å². The maximum Gasteiger partial charge on any atom is 0.253 e. The van der Waals surface area contributed by atoms with Crippen molar-refractivity contribution < 1.29 is 14.7 Å². The van der Waals surface area contributed by atoms with Gasteiger partial charge in [0.05, 0.1) is 13.2 Å². The zero-order valence-corrected chi connectivity index (χ0v) is 15.5. The fourth-order valence-electron chi connectivity index (χ4n) is 3.01. The Morgan fingerprint density at radius 3 is 2.73 bits per heavy atom. The average molecular weight is 362 g/mol. The molecule has 0 spiro atoms. The minimum absolute atomic E-state index is 0.0129. The van der Waals surface area contributed by atoms with E-state index >= 15 is 0 Å². The van der Waals surface area contributed by atoms with Crippen LogP contribution >= 0.6 is 0 Å². The number of nitrogens with one attached hydrogen (secondary N) is 2. The third-order valence-corrected chi connectivity index (χ3v) is 4.51. The summed E-state index contributed by atoms with van der Waals surface area (Å²) in [6.07, 6.45) is 3.79. The van der Waals surface area contributed by atoms with Crippen LogP contribution in [0.25, 0.3) is 0 Å². The quantitative estimate of drug-likeness (QED) is 0.565. The molecule has 1 aliphatic rings. The van der Waals surface area contributed by atoms with Gasteiger partial charge in [0, 0.05) is 37.9 Å². The first-order valence-corrected chi connectivity index (χ1v) is 9.29. The van der Waals surface area contributed by atoms with Gasteiger partial charge in [-0.3, -0.25) is 9.59 Å². The first kappa shape index (κ1) is 20.4. The first-order chi connectivity index (χ1) is 12.6. The van der Waals surface area contributed by atoms with Gasteiger partial charge < -0.3 is 25.5 Å². The summed E-state index contributed by atoms with van der Waals surface area (Å²) in [5.74, 6) is -0.252. The lowest BCUT2D eigenvalue weighted by Gasteiger charge is -2.28. The van der Waals surface area contributed by atoms with Gasteiger partial charge in [-0.25, -0.2) is 0 Å². The number of likely N-dealkylation sites (tertiary alicyclic amines) is 1. The van der Waals surface area contributed by atoms with Crippen molar-refractivity contribution in [3.8, 4) is 0 Å². The molecule has 7 nitrogen and oxygen atoms in total. The standard InChI is InChI=1S/C19H30N4O3/c1-22(11-12-23-9-3-2-4-10-23)19(26)16-6-5-7-17(14-16)21-18(25)15-20-8-13-24/h5-7,14,20,24H,2-4,8-13,15H2,1H3,(H,21,25). The molecule has 1 heterocycles. The van der Waals surface area contributed by atoms with E-state index in [-0.39, 0.29) is 25.0 Å². The summed E-state index contributed by atoms with van der Waals surface area (Å²) in [7, 11) is 1.82. The molecule has 0 aromatic heterocycles. The second kappa shape index (κ2) is 10.9. The molecule has 2 amide bonds. The molecule has 2 rings (SSSR count). The smallest absolute Gasteiger partial charge is 0.253 e. The van der Waals surface area contributed by atoms with E-state index in [2.05, 4.69) is 15.5 Å². The van der Waals surface area contributed by atoms with Gasteiger partial charge >= 0.3 is 0 Å². The lowest BCUT2D eigenvalue weighted by Crippen LogP contribution is -2.38. The predicted octanol–water partition coefficient (Wildman–Crippen LogP) is 0.765. The number of carbonyl (C=O) groups is 2. The van der Waals surface area contributed by atoms with Crippen LogP contribution in [0.5, 0.6) is 0 Å². The molecule has 1 fully saturated rings. The van der Waals surface area contributed by atoms with E-state index < -0.39 is 0 Å².